The van der Waals surface area contributed by atoms with Crippen LogP contribution >= 0.6 is 0 Å². The van der Waals surface area contributed by atoms with Crippen molar-refractivity contribution in [3.63, 3.8) is 0 Å². The molecule has 20 heavy (non-hydrogen) atoms. The minimum Gasteiger partial charge on any atom is -0.494 e. The number of ether oxygens (including phenoxy) is 1. The molecule has 2 nitrogen and oxygen atoms in total. The Morgan fingerprint density at radius 3 is 2.05 bits per heavy atom. The van der Waals surface area contributed by atoms with Gasteiger partial charge >= 0.3 is 0 Å². The second kappa shape index (κ2) is 5.91. The monoisotopic (exact) mass is 268 g/mol. The highest BCUT2D eigenvalue weighted by Crippen LogP contribution is 2.21. The Hall–Kier alpha value is -2.09. The van der Waals surface area contributed by atoms with Crippen LogP contribution in [0.3, 0.4) is 0 Å². The van der Waals surface area contributed by atoms with E-state index < -0.39 is 0 Å². The van der Waals surface area contributed by atoms with Crippen molar-refractivity contribution in [3.05, 3.63) is 64.2 Å². The maximum atomic E-state index is 12.6. The fourth-order valence-electron chi connectivity index (χ4n) is 2.55. The molecule has 104 valence electrons. The highest BCUT2D eigenvalue weighted by molar-refractivity contribution is 6.10. The number of aryl methyl sites for hydroxylation is 3. The van der Waals surface area contributed by atoms with Crippen LogP contribution in [0.15, 0.2) is 36.4 Å². The topological polar surface area (TPSA) is 26.3 Å². The maximum absolute atomic E-state index is 12.6. The van der Waals surface area contributed by atoms with Gasteiger partial charge in [-0.25, -0.2) is 0 Å². The Balaban J connectivity index is 2.36. The molecule has 0 amide bonds. The van der Waals surface area contributed by atoms with Gasteiger partial charge in [-0.2, -0.15) is 0 Å². The molecule has 0 saturated heterocycles. The lowest BCUT2D eigenvalue weighted by atomic mass is 9.93. The van der Waals surface area contributed by atoms with Gasteiger partial charge in [0, 0.05) is 11.1 Å². The fraction of sp³-hybridized carbons (Fsp3) is 0.278. The Morgan fingerprint density at radius 2 is 1.55 bits per heavy atom. The van der Waals surface area contributed by atoms with Gasteiger partial charge in [0.25, 0.3) is 0 Å². The summed E-state index contributed by atoms with van der Waals surface area (Å²) in [5.41, 5.74) is 4.74. The van der Waals surface area contributed by atoms with Crippen molar-refractivity contribution in [1.82, 2.24) is 0 Å². The third-order valence-corrected chi connectivity index (χ3v) is 3.33. The van der Waals surface area contributed by atoms with Crippen molar-refractivity contribution >= 4 is 5.78 Å². The Labute approximate surface area is 120 Å². The van der Waals surface area contributed by atoms with Crippen molar-refractivity contribution < 1.29 is 9.53 Å². The van der Waals surface area contributed by atoms with Crippen LogP contribution in [-0.2, 0) is 0 Å². The van der Waals surface area contributed by atoms with Gasteiger partial charge in [0.15, 0.2) is 5.78 Å². The minimum absolute atomic E-state index is 0.0723. The lowest BCUT2D eigenvalue weighted by Gasteiger charge is -2.11. The zero-order valence-corrected chi connectivity index (χ0v) is 12.5. The fourth-order valence-corrected chi connectivity index (χ4v) is 2.55. The van der Waals surface area contributed by atoms with Crippen LogP contribution in [0.25, 0.3) is 0 Å². The first-order valence-corrected chi connectivity index (χ1v) is 6.88. The molecule has 0 atom stereocenters. The summed E-state index contributed by atoms with van der Waals surface area (Å²) in [7, 11) is 0. The predicted molar refractivity (Wildman–Crippen MR) is 81.7 cm³/mol. The first-order valence-electron chi connectivity index (χ1n) is 6.88. The molecule has 2 aromatic carbocycles. The molecule has 0 fully saturated rings. The summed E-state index contributed by atoms with van der Waals surface area (Å²) in [5.74, 6) is 0.865. The molecule has 0 aliphatic heterocycles. The summed E-state index contributed by atoms with van der Waals surface area (Å²) in [4.78, 5) is 12.6. The lowest BCUT2D eigenvalue weighted by molar-refractivity contribution is 0.103. The second-order valence-electron chi connectivity index (χ2n) is 5.06. The van der Waals surface area contributed by atoms with E-state index in [0.29, 0.717) is 12.2 Å². The smallest absolute Gasteiger partial charge is 0.193 e. The van der Waals surface area contributed by atoms with E-state index in [1.54, 1.807) is 0 Å². The van der Waals surface area contributed by atoms with Gasteiger partial charge in [0.1, 0.15) is 5.75 Å². The highest BCUT2D eigenvalue weighted by Gasteiger charge is 2.14. The van der Waals surface area contributed by atoms with Gasteiger partial charge < -0.3 is 4.74 Å². The van der Waals surface area contributed by atoms with Crippen molar-refractivity contribution in [3.8, 4) is 5.75 Å². The summed E-state index contributed by atoms with van der Waals surface area (Å²) in [5, 5.41) is 0. The van der Waals surface area contributed by atoms with Gasteiger partial charge in [-0.05, 0) is 63.1 Å². The van der Waals surface area contributed by atoms with E-state index in [1.807, 2.05) is 52.0 Å². The zero-order chi connectivity index (χ0) is 14.7. The van der Waals surface area contributed by atoms with Gasteiger partial charge in [0.05, 0.1) is 6.61 Å². The number of hydrogen-bond acceptors (Lipinski definition) is 2. The van der Waals surface area contributed by atoms with E-state index in [1.165, 1.54) is 5.56 Å². The Morgan fingerprint density at radius 1 is 1.00 bits per heavy atom. The van der Waals surface area contributed by atoms with E-state index in [2.05, 4.69) is 12.1 Å². The van der Waals surface area contributed by atoms with E-state index in [4.69, 9.17) is 4.74 Å². The molecule has 0 radical (unpaired) electrons. The van der Waals surface area contributed by atoms with E-state index in [0.717, 1.165) is 22.4 Å². The van der Waals surface area contributed by atoms with Crippen molar-refractivity contribution in [2.45, 2.75) is 27.7 Å². The second-order valence-corrected chi connectivity index (χ2v) is 5.06. The molecule has 0 aromatic heterocycles. The van der Waals surface area contributed by atoms with Crippen LogP contribution in [-0.4, -0.2) is 12.4 Å². The molecule has 2 aromatic rings. The molecule has 2 heteroatoms. The van der Waals surface area contributed by atoms with Crippen molar-refractivity contribution in [1.29, 1.82) is 0 Å². The highest BCUT2D eigenvalue weighted by atomic mass is 16.5. The molecule has 0 aliphatic carbocycles. The molecule has 2 rings (SSSR count). The van der Waals surface area contributed by atoms with Crippen molar-refractivity contribution in [2.75, 3.05) is 6.61 Å². The number of benzene rings is 2. The molecule has 0 saturated carbocycles. The molecule has 0 aliphatic rings. The molecule has 0 unspecified atom stereocenters. The maximum Gasteiger partial charge on any atom is 0.193 e. The summed E-state index contributed by atoms with van der Waals surface area (Å²) in [6.45, 7) is 8.59. The zero-order valence-electron chi connectivity index (χ0n) is 12.5. The first-order chi connectivity index (χ1) is 9.52. The summed E-state index contributed by atoms with van der Waals surface area (Å²) >= 11 is 0. The van der Waals surface area contributed by atoms with Crippen LogP contribution in [0.4, 0.5) is 0 Å². The van der Waals surface area contributed by atoms with E-state index >= 15 is 0 Å². The summed E-state index contributed by atoms with van der Waals surface area (Å²) in [6, 6.07) is 11.4. The first kappa shape index (κ1) is 14.3. The van der Waals surface area contributed by atoms with E-state index in [-0.39, 0.29) is 5.78 Å². The van der Waals surface area contributed by atoms with Crippen LogP contribution in [0, 0.1) is 20.8 Å². The van der Waals surface area contributed by atoms with Crippen LogP contribution in [0.5, 0.6) is 5.75 Å². The molecule has 0 heterocycles. The number of carbonyl (C=O) groups is 1. The van der Waals surface area contributed by atoms with E-state index in [9.17, 15) is 4.79 Å². The SMILES string of the molecule is CCOc1ccc(C(=O)c2c(C)cc(C)cc2C)cc1. The van der Waals surface area contributed by atoms with Crippen LogP contribution in [0.2, 0.25) is 0 Å². The average molecular weight is 268 g/mol. The Bertz CT molecular complexity index is 601. The number of carbonyl (C=O) groups excluding carboxylic acids is 1. The quantitative estimate of drug-likeness (QED) is 0.775. The summed E-state index contributed by atoms with van der Waals surface area (Å²) in [6.07, 6.45) is 0. The van der Waals surface area contributed by atoms with Gasteiger partial charge in [-0.15, -0.1) is 0 Å². The number of ketones is 1. The van der Waals surface area contributed by atoms with Gasteiger partial charge in [-0.1, -0.05) is 17.7 Å². The number of rotatable bonds is 4. The molecule has 0 N–H and O–H groups in total. The minimum atomic E-state index is 0.0723. The van der Waals surface area contributed by atoms with Crippen LogP contribution < -0.4 is 4.74 Å². The number of hydrogen-bond donors (Lipinski definition) is 0. The normalized spacial score (nSPS) is 10.4. The standard InChI is InChI=1S/C18H20O2/c1-5-20-16-8-6-15(7-9-16)18(19)17-13(3)10-12(2)11-14(17)4/h6-11H,5H2,1-4H3. The van der Waals surface area contributed by atoms with Crippen LogP contribution in [0.1, 0.15) is 39.5 Å². The largest absolute Gasteiger partial charge is 0.494 e. The van der Waals surface area contributed by atoms with Gasteiger partial charge in [-0.3, -0.25) is 4.79 Å². The average Bonchev–Trinajstić information content (AvgIpc) is 2.38. The Kier molecular flexibility index (Phi) is 4.23. The predicted octanol–water partition coefficient (Wildman–Crippen LogP) is 4.24. The molecule has 0 bridgehead atoms. The molecule has 0 spiro atoms. The molecular formula is C18H20O2. The van der Waals surface area contributed by atoms with Crippen molar-refractivity contribution in [2.24, 2.45) is 0 Å². The third kappa shape index (κ3) is 2.90. The third-order valence-electron chi connectivity index (χ3n) is 3.33. The van der Waals surface area contributed by atoms with Gasteiger partial charge in [0.2, 0.25) is 0 Å². The molecular weight excluding hydrogens is 248 g/mol. The lowest BCUT2D eigenvalue weighted by Crippen LogP contribution is -2.07. The summed E-state index contributed by atoms with van der Waals surface area (Å²) < 4.78 is 5.40.